The lowest BCUT2D eigenvalue weighted by Crippen LogP contribution is -2.41. The normalized spacial score (nSPS) is 18.3. The van der Waals surface area contributed by atoms with Crippen LogP contribution in [0, 0.1) is 5.92 Å². The van der Waals surface area contributed by atoms with E-state index in [1.165, 1.54) is 18.4 Å². The van der Waals surface area contributed by atoms with Crippen LogP contribution in [0.5, 0.6) is 0 Å². The van der Waals surface area contributed by atoms with E-state index < -0.39 is 6.09 Å². The molecule has 1 N–H and O–H groups in total. The smallest absolute Gasteiger partial charge is 0.411 e. The molecular weight excluding hydrogens is 316 g/mol. The Morgan fingerprint density at radius 3 is 2.32 bits per heavy atom. The zero-order valence-electron chi connectivity index (χ0n) is 15.2. The van der Waals surface area contributed by atoms with Crippen molar-refractivity contribution in [3.05, 3.63) is 29.8 Å². The number of rotatable bonds is 5. The number of nitrogens with zero attached hydrogens (tertiary/aromatic N) is 1. The van der Waals surface area contributed by atoms with E-state index in [2.05, 4.69) is 19.2 Å². The monoisotopic (exact) mass is 344 g/mol. The quantitative estimate of drug-likeness (QED) is 0.873. The number of hydrogen-bond acceptors (Lipinski definition) is 3. The third-order valence-electron chi connectivity index (χ3n) is 5.05. The molecule has 2 amide bonds. The summed E-state index contributed by atoms with van der Waals surface area (Å²) in [6.45, 7) is 5.65. The Bertz CT molecular complexity index is 600. The summed E-state index contributed by atoms with van der Waals surface area (Å²) in [4.78, 5) is 26.1. The number of nitrogens with one attached hydrogen (secondary N) is 1. The second-order valence-corrected chi connectivity index (χ2v) is 7.53. The number of likely N-dealkylation sites (tertiary alicyclic amines) is 1. The summed E-state index contributed by atoms with van der Waals surface area (Å²) in [6.07, 6.45) is 4.00. The van der Waals surface area contributed by atoms with Crippen LogP contribution in [0.4, 0.5) is 10.5 Å². The Balaban J connectivity index is 1.40. The second kappa shape index (κ2) is 7.89. The molecule has 1 aromatic rings. The third kappa shape index (κ3) is 5.21. The molecule has 0 aromatic heterocycles. The van der Waals surface area contributed by atoms with Gasteiger partial charge in [-0.15, -0.1) is 0 Å². The number of carbonyl (C=O) groups excluding carboxylic acids is 2. The van der Waals surface area contributed by atoms with Gasteiger partial charge >= 0.3 is 6.09 Å². The summed E-state index contributed by atoms with van der Waals surface area (Å²) < 4.78 is 5.51. The van der Waals surface area contributed by atoms with Crippen molar-refractivity contribution in [3.8, 4) is 0 Å². The molecule has 136 valence electrons. The van der Waals surface area contributed by atoms with Gasteiger partial charge in [-0.3, -0.25) is 10.1 Å². The zero-order chi connectivity index (χ0) is 17.8. The van der Waals surface area contributed by atoms with Crippen molar-refractivity contribution >= 4 is 17.7 Å². The molecule has 1 aliphatic heterocycles. The molecule has 3 rings (SSSR count). The average Bonchev–Trinajstić information content (AvgIpc) is 3.40. The molecule has 1 saturated carbocycles. The minimum atomic E-state index is -0.417. The molecule has 5 nitrogen and oxygen atoms in total. The summed E-state index contributed by atoms with van der Waals surface area (Å²) >= 11 is 0. The number of ether oxygens (including phenoxy) is 1. The first-order valence-corrected chi connectivity index (χ1v) is 9.36. The van der Waals surface area contributed by atoms with Crippen LogP contribution in [0.15, 0.2) is 24.3 Å². The second-order valence-electron chi connectivity index (χ2n) is 7.53. The number of hydrogen-bond donors (Lipinski definition) is 1. The van der Waals surface area contributed by atoms with Gasteiger partial charge in [0, 0.05) is 38.0 Å². The van der Waals surface area contributed by atoms with Gasteiger partial charge < -0.3 is 9.64 Å². The predicted molar refractivity (Wildman–Crippen MR) is 97.6 cm³/mol. The highest BCUT2D eigenvalue weighted by molar-refractivity contribution is 5.84. The Kier molecular flexibility index (Phi) is 5.61. The first-order valence-electron chi connectivity index (χ1n) is 9.36. The van der Waals surface area contributed by atoms with Gasteiger partial charge in [-0.2, -0.15) is 0 Å². The molecular formula is C20H28N2O3. The molecule has 25 heavy (non-hydrogen) atoms. The van der Waals surface area contributed by atoms with Crippen LogP contribution in [0.3, 0.4) is 0 Å². The maximum Gasteiger partial charge on any atom is 0.411 e. The van der Waals surface area contributed by atoms with Gasteiger partial charge in [0.2, 0.25) is 5.91 Å². The molecule has 5 heteroatoms. The predicted octanol–water partition coefficient (Wildman–Crippen LogP) is 4.15. The van der Waals surface area contributed by atoms with Crippen molar-refractivity contribution in [2.75, 3.05) is 18.4 Å². The molecule has 1 aliphatic carbocycles. The Morgan fingerprint density at radius 1 is 1.12 bits per heavy atom. The number of piperidine rings is 1. The number of anilines is 1. The van der Waals surface area contributed by atoms with E-state index in [0.29, 0.717) is 31.3 Å². The molecule has 0 unspecified atom stereocenters. The Morgan fingerprint density at radius 2 is 1.76 bits per heavy atom. The average molecular weight is 344 g/mol. The van der Waals surface area contributed by atoms with Crippen LogP contribution < -0.4 is 5.32 Å². The van der Waals surface area contributed by atoms with Crippen molar-refractivity contribution in [2.24, 2.45) is 5.92 Å². The summed E-state index contributed by atoms with van der Waals surface area (Å²) in [7, 11) is 0. The molecule has 2 fully saturated rings. The van der Waals surface area contributed by atoms with E-state index in [1.54, 1.807) is 0 Å². The zero-order valence-corrected chi connectivity index (χ0v) is 15.2. The first kappa shape index (κ1) is 17.8. The molecule has 1 aromatic carbocycles. The van der Waals surface area contributed by atoms with Crippen LogP contribution in [0.2, 0.25) is 0 Å². The maximum atomic E-state index is 12.1. The minimum Gasteiger partial charge on any atom is -0.446 e. The van der Waals surface area contributed by atoms with Gasteiger partial charge in [-0.1, -0.05) is 26.0 Å². The molecule has 0 bridgehead atoms. The lowest BCUT2D eigenvalue weighted by Gasteiger charge is -2.31. The number of carbonyl (C=O) groups is 2. The van der Waals surface area contributed by atoms with Crippen LogP contribution in [0.25, 0.3) is 0 Å². The van der Waals surface area contributed by atoms with E-state index in [0.717, 1.165) is 18.5 Å². The summed E-state index contributed by atoms with van der Waals surface area (Å²) in [5.41, 5.74) is 1.98. The van der Waals surface area contributed by atoms with E-state index in [4.69, 9.17) is 4.74 Å². The fraction of sp³-hybridized carbons (Fsp3) is 0.600. The lowest BCUT2D eigenvalue weighted by atomic mass is 10.0. The minimum absolute atomic E-state index is 0.111. The summed E-state index contributed by atoms with van der Waals surface area (Å²) in [6, 6.07) is 7.83. The van der Waals surface area contributed by atoms with Gasteiger partial charge in [-0.05, 0) is 42.4 Å². The highest BCUT2D eigenvalue weighted by atomic mass is 16.6. The summed E-state index contributed by atoms with van der Waals surface area (Å²) in [5, 5.41) is 2.78. The topological polar surface area (TPSA) is 58.6 Å². The SMILES string of the molecule is CC(C)c1ccc(NC(=O)OC2CCN(C(=O)CC3CC3)CC2)cc1. The number of benzene rings is 1. The van der Waals surface area contributed by atoms with E-state index in [1.807, 2.05) is 29.2 Å². The van der Waals surface area contributed by atoms with E-state index in [-0.39, 0.29) is 12.0 Å². The van der Waals surface area contributed by atoms with Crippen molar-refractivity contribution in [2.45, 2.75) is 58.0 Å². The van der Waals surface area contributed by atoms with Gasteiger partial charge in [0.15, 0.2) is 0 Å². The van der Waals surface area contributed by atoms with Gasteiger partial charge in [0.1, 0.15) is 6.10 Å². The number of amides is 2. The third-order valence-corrected chi connectivity index (χ3v) is 5.05. The van der Waals surface area contributed by atoms with Crippen molar-refractivity contribution in [1.82, 2.24) is 4.90 Å². The van der Waals surface area contributed by atoms with Crippen molar-refractivity contribution < 1.29 is 14.3 Å². The van der Waals surface area contributed by atoms with Crippen molar-refractivity contribution in [3.63, 3.8) is 0 Å². The first-order chi connectivity index (χ1) is 12.0. The summed E-state index contributed by atoms with van der Waals surface area (Å²) in [5.74, 6) is 1.35. The largest absolute Gasteiger partial charge is 0.446 e. The lowest BCUT2D eigenvalue weighted by molar-refractivity contribution is -0.133. The molecule has 0 atom stereocenters. The molecule has 0 spiro atoms. The van der Waals surface area contributed by atoms with Crippen LogP contribution in [-0.4, -0.2) is 36.1 Å². The fourth-order valence-electron chi connectivity index (χ4n) is 3.17. The van der Waals surface area contributed by atoms with Crippen molar-refractivity contribution in [1.29, 1.82) is 0 Å². The fourth-order valence-corrected chi connectivity index (χ4v) is 3.17. The van der Waals surface area contributed by atoms with Crippen LogP contribution >= 0.6 is 0 Å². The molecule has 1 saturated heterocycles. The maximum absolute atomic E-state index is 12.1. The van der Waals surface area contributed by atoms with Crippen LogP contribution in [-0.2, 0) is 9.53 Å². The molecule has 0 radical (unpaired) electrons. The van der Waals surface area contributed by atoms with Gasteiger partial charge in [-0.25, -0.2) is 4.79 Å². The van der Waals surface area contributed by atoms with Gasteiger partial charge in [0.05, 0.1) is 0 Å². The van der Waals surface area contributed by atoms with Crippen LogP contribution in [0.1, 0.15) is 57.4 Å². The Hall–Kier alpha value is -2.04. The molecule has 1 heterocycles. The van der Waals surface area contributed by atoms with E-state index >= 15 is 0 Å². The standard InChI is InChI=1S/C20H28N2O3/c1-14(2)16-5-7-17(8-6-16)21-20(24)25-18-9-11-22(12-10-18)19(23)13-15-3-4-15/h5-8,14-15,18H,3-4,9-13H2,1-2H3,(H,21,24). The highest BCUT2D eigenvalue weighted by Crippen LogP contribution is 2.33. The molecule has 2 aliphatic rings. The highest BCUT2D eigenvalue weighted by Gasteiger charge is 2.30. The van der Waals surface area contributed by atoms with E-state index in [9.17, 15) is 9.59 Å². The van der Waals surface area contributed by atoms with Gasteiger partial charge in [0.25, 0.3) is 0 Å². The Labute approximate surface area is 149 Å².